The van der Waals surface area contributed by atoms with Gasteiger partial charge in [0.05, 0.1) is 18.8 Å². The zero-order chi connectivity index (χ0) is 50.9. The molecule has 1 aliphatic heterocycles. The molecule has 12 nitrogen and oxygen atoms in total. The van der Waals surface area contributed by atoms with Crippen molar-refractivity contribution < 1.29 is 53.4 Å². The van der Waals surface area contributed by atoms with Crippen LogP contribution in [0.25, 0.3) is 55.0 Å². The summed E-state index contributed by atoms with van der Waals surface area (Å²) in [7, 11) is 0. The van der Waals surface area contributed by atoms with Gasteiger partial charge in [0, 0.05) is 52.9 Å². The summed E-state index contributed by atoms with van der Waals surface area (Å²) in [5, 5.41) is 37.3. The third-order valence-corrected chi connectivity index (χ3v) is 14.1. The van der Waals surface area contributed by atoms with Gasteiger partial charge in [-0.25, -0.2) is 4.79 Å². The van der Waals surface area contributed by atoms with E-state index >= 15 is 0 Å². The second-order valence-electron chi connectivity index (χ2n) is 18.9. The van der Waals surface area contributed by atoms with E-state index in [1.54, 1.807) is 56.3 Å². The van der Waals surface area contributed by atoms with Crippen LogP contribution in [-0.4, -0.2) is 106 Å². The second-order valence-corrected chi connectivity index (χ2v) is 18.9. The van der Waals surface area contributed by atoms with Crippen LogP contribution in [-0.2, 0) is 33.4 Å². The highest BCUT2D eigenvalue weighted by Crippen LogP contribution is 2.57. The Balaban J connectivity index is 0.884. The van der Waals surface area contributed by atoms with Gasteiger partial charge in [-0.2, -0.15) is 0 Å². The van der Waals surface area contributed by atoms with Crippen LogP contribution >= 0.6 is 0 Å². The first-order valence-electron chi connectivity index (χ1n) is 24.0. The number of amides is 1. The molecule has 3 N–H and O–H groups in total. The molecule has 0 bridgehead atoms. The van der Waals surface area contributed by atoms with Crippen molar-refractivity contribution in [1.82, 2.24) is 4.90 Å². The van der Waals surface area contributed by atoms with E-state index in [2.05, 4.69) is 11.8 Å². The Morgan fingerprint density at radius 2 is 1.23 bits per heavy atom. The molecule has 0 aromatic heterocycles. The van der Waals surface area contributed by atoms with Crippen LogP contribution in [0.5, 0.6) is 5.75 Å². The maximum absolute atomic E-state index is 14.9. The lowest BCUT2D eigenvalue weighted by atomic mass is 9.94. The van der Waals surface area contributed by atoms with Crippen LogP contribution in [0.4, 0.5) is 0 Å². The normalized spacial score (nSPS) is 20.7. The predicted molar refractivity (Wildman–Crippen MR) is 275 cm³/mol. The Kier molecular flexibility index (Phi) is 11.9. The smallest absolute Gasteiger partial charge is 0.344 e. The van der Waals surface area contributed by atoms with Crippen LogP contribution in [0.15, 0.2) is 139 Å². The summed E-state index contributed by atoms with van der Waals surface area (Å²) in [6.07, 6.45) is 4.19. The van der Waals surface area contributed by atoms with Crippen LogP contribution < -0.4 is 4.74 Å². The van der Waals surface area contributed by atoms with Gasteiger partial charge >= 0.3 is 5.97 Å². The Morgan fingerprint density at radius 1 is 0.671 bits per heavy atom. The summed E-state index contributed by atoms with van der Waals surface area (Å²) < 4.78 is 24.3. The Morgan fingerprint density at radius 3 is 1.84 bits per heavy atom. The number of hydrogen-bond donors (Lipinski definition) is 3. The van der Waals surface area contributed by atoms with Gasteiger partial charge in [-0.1, -0.05) is 121 Å². The molecule has 0 radical (unpaired) electrons. The van der Waals surface area contributed by atoms with Crippen molar-refractivity contribution in [2.24, 2.45) is 0 Å². The number of esters is 1. The van der Waals surface area contributed by atoms with E-state index < -0.39 is 66.4 Å². The van der Waals surface area contributed by atoms with Crippen molar-refractivity contribution in [2.45, 2.75) is 56.6 Å². The molecular formula is C61H47NO11. The summed E-state index contributed by atoms with van der Waals surface area (Å²) in [6, 6.07) is 38.8. The quantitative estimate of drug-likeness (QED) is 0.0573. The van der Waals surface area contributed by atoms with Crippen molar-refractivity contribution in [2.75, 3.05) is 26.3 Å². The number of ether oxygens (including phenoxy) is 4. The molecular weight excluding hydrogens is 923 g/mol. The zero-order valence-corrected chi connectivity index (χ0v) is 39.8. The highest BCUT2D eigenvalue weighted by molar-refractivity contribution is 6.57. The third-order valence-electron chi connectivity index (χ3n) is 14.1. The standard InChI is InChI=1S/C61H47NO11/c1-5-7-27-62(58(68)51-48-39-25-15-22-33-21-14-24-38(43(33)39)47(48)45(54(51)65)34-17-10-8-11-18-34)28-29-70-60-56(67)57(53(64)42(32-63)72-60)71-37-30-36-23-16-26-40-44(36)41(31-37)50-46(35-19-12-9-13-20-35)55(66)52(49(40)50)59(69)73-61(3,4)6-2/h1-2,8-26,30-31,42,53,56-57,60,63-64,67H,7,27-29,32H2,3-4H3. The van der Waals surface area contributed by atoms with Crippen molar-refractivity contribution in [1.29, 1.82) is 0 Å². The number of terminal acetylenes is 2. The molecule has 4 aliphatic carbocycles. The lowest BCUT2D eigenvalue weighted by molar-refractivity contribution is -0.297. The molecule has 0 spiro atoms. The van der Waals surface area contributed by atoms with E-state index in [0.29, 0.717) is 55.5 Å². The molecule has 5 atom stereocenters. The molecule has 6 aromatic carbocycles. The van der Waals surface area contributed by atoms with Gasteiger partial charge in [-0.3, -0.25) is 14.4 Å². The second kappa shape index (κ2) is 18.4. The molecule has 1 amide bonds. The fraction of sp³-hybridized carbons (Fsp3) is 0.213. The summed E-state index contributed by atoms with van der Waals surface area (Å²) in [4.78, 5) is 59.5. The van der Waals surface area contributed by atoms with Gasteiger partial charge in [-0.05, 0) is 80.9 Å². The molecule has 0 saturated carbocycles. The van der Waals surface area contributed by atoms with Gasteiger partial charge in [0.2, 0.25) is 5.78 Å². The number of carbonyl (C=O) groups excluding carboxylic acids is 4. The number of nitrogens with zero attached hydrogens (tertiary/aromatic N) is 1. The number of hydrogen-bond acceptors (Lipinski definition) is 11. The van der Waals surface area contributed by atoms with E-state index in [1.165, 1.54) is 4.90 Å². The number of rotatable bonds is 14. The molecule has 1 heterocycles. The number of Topliss-reactive ketones (excluding diaryl/α,β-unsaturated/α-hetero) is 2. The van der Waals surface area contributed by atoms with Crippen LogP contribution in [0.2, 0.25) is 0 Å². The topological polar surface area (TPSA) is 169 Å². The van der Waals surface area contributed by atoms with Crippen molar-refractivity contribution in [3.8, 4) is 30.4 Å². The highest BCUT2D eigenvalue weighted by Gasteiger charge is 2.49. The SMILES string of the molecule is C#CCCN(CCOC1OC(CO)C(O)C(Oc2cc3c4c(cccc4c2)C2=C(C(=O)OC(C)(C)C#C)C(=O)C(c4ccccc4)=C23)C1O)C(=O)C1=C2C(=C(c3ccccc3)C1=O)c1cccc3cccc2c13. The third kappa shape index (κ3) is 7.71. The summed E-state index contributed by atoms with van der Waals surface area (Å²) in [5.74, 6) is 2.90. The van der Waals surface area contributed by atoms with E-state index in [4.69, 9.17) is 31.8 Å². The van der Waals surface area contributed by atoms with E-state index in [1.807, 2.05) is 84.9 Å². The van der Waals surface area contributed by atoms with Crippen LogP contribution in [0.1, 0.15) is 53.6 Å². The van der Waals surface area contributed by atoms with Crippen molar-refractivity contribution in [3.63, 3.8) is 0 Å². The van der Waals surface area contributed by atoms with E-state index in [-0.39, 0.29) is 48.6 Å². The summed E-state index contributed by atoms with van der Waals surface area (Å²) >= 11 is 0. The number of aliphatic hydroxyl groups is 3. The fourth-order valence-corrected chi connectivity index (χ4v) is 10.8. The first-order valence-corrected chi connectivity index (χ1v) is 24.0. The van der Waals surface area contributed by atoms with Gasteiger partial charge < -0.3 is 39.2 Å². The first-order chi connectivity index (χ1) is 35.3. The molecule has 6 aromatic rings. The maximum Gasteiger partial charge on any atom is 0.344 e. The van der Waals surface area contributed by atoms with E-state index in [0.717, 1.165) is 27.3 Å². The largest absolute Gasteiger partial charge is 0.485 e. The minimum atomic E-state index is -1.65. The number of ketones is 2. The molecule has 1 fully saturated rings. The Hall–Kier alpha value is -8.20. The molecule has 362 valence electrons. The fourth-order valence-electron chi connectivity index (χ4n) is 10.8. The average Bonchev–Trinajstić information content (AvgIpc) is 4.11. The zero-order valence-electron chi connectivity index (χ0n) is 39.8. The van der Waals surface area contributed by atoms with Crippen molar-refractivity contribution in [3.05, 3.63) is 172 Å². The number of allylic oxidation sites excluding steroid dienone is 6. The number of benzene rings is 6. The number of fused-ring (bicyclic) bond motifs is 6. The molecule has 1 saturated heterocycles. The van der Waals surface area contributed by atoms with Gasteiger partial charge in [0.1, 0.15) is 29.6 Å². The minimum Gasteiger partial charge on any atom is -0.485 e. The molecule has 5 aliphatic rings. The minimum absolute atomic E-state index is 0.0199. The van der Waals surface area contributed by atoms with Crippen LogP contribution in [0, 0.1) is 24.7 Å². The van der Waals surface area contributed by atoms with Crippen LogP contribution in [0.3, 0.4) is 0 Å². The number of aliphatic hydroxyl groups excluding tert-OH is 3. The van der Waals surface area contributed by atoms with Gasteiger partial charge in [0.15, 0.2) is 23.8 Å². The lowest BCUT2D eigenvalue weighted by Gasteiger charge is -2.42. The molecule has 73 heavy (non-hydrogen) atoms. The predicted octanol–water partition coefficient (Wildman–Crippen LogP) is 7.22. The maximum atomic E-state index is 14.9. The number of carbonyl (C=O) groups is 4. The van der Waals surface area contributed by atoms with Gasteiger partial charge in [-0.15, -0.1) is 18.8 Å². The average molecular weight is 970 g/mol. The monoisotopic (exact) mass is 969 g/mol. The summed E-state index contributed by atoms with van der Waals surface area (Å²) in [6.45, 7) is 2.23. The molecule has 11 rings (SSSR count). The highest BCUT2D eigenvalue weighted by atomic mass is 16.7. The Bertz CT molecular complexity index is 3580. The van der Waals surface area contributed by atoms with E-state index in [9.17, 15) is 34.5 Å². The molecule has 12 heteroatoms. The molecule has 5 unspecified atom stereocenters. The van der Waals surface area contributed by atoms with Gasteiger partial charge in [0.25, 0.3) is 5.91 Å². The first kappa shape index (κ1) is 47.1. The summed E-state index contributed by atoms with van der Waals surface area (Å²) in [5.41, 5.74) is 5.52. The Labute approximate surface area is 420 Å². The van der Waals surface area contributed by atoms with Crippen molar-refractivity contribution >= 4 is 78.4 Å². The lowest BCUT2D eigenvalue weighted by Crippen LogP contribution is -2.61.